The van der Waals surface area contributed by atoms with Crippen LogP contribution in [0.25, 0.3) is 0 Å². The van der Waals surface area contributed by atoms with Crippen molar-refractivity contribution < 1.29 is 13.2 Å². The molecule has 0 aromatic heterocycles. The van der Waals surface area contributed by atoms with E-state index in [9.17, 15) is 13.2 Å². The summed E-state index contributed by atoms with van der Waals surface area (Å²) in [6.45, 7) is 1.25. The van der Waals surface area contributed by atoms with Gasteiger partial charge >= 0.3 is 6.03 Å². The minimum Gasteiger partial charge on any atom is -0.338 e. The Morgan fingerprint density at radius 1 is 1.19 bits per heavy atom. The van der Waals surface area contributed by atoms with Crippen LogP contribution in [0.4, 0.5) is 4.79 Å². The Labute approximate surface area is 125 Å². The van der Waals surface area contributed by atoms with Crippen LogP contribution in [-0.2, 0) is 16.4 Å². The van der Waals surface area contributed by atoms with Crippen LogP contribution < -0.4 is 15.8 Å². The van der Waals surface area contributed by atoms with E-state index in [-0.39, 0.29) is 10.9 Å². The van der Waals surface area contributed by atoms with Gasteiger partial charge in [0.2, 0.25) is 10.0 Å². The summed E-state index contributed by atoms with van der Waals surface area (Å²) >= 11 is 0. The maximum atomic E-state index is 11.5. The molecule has 6 nitrogen and oxygen atoms in total. The molecule has 0 spiro atoms. The number of nitrogens with one attached hydrogen (secondary N) is 2. The number of carbonyl (C=O) groups excluding carboxylic acids is 1. The second-order valence-electron chi connectivity index (χ2n) is 5.37. The Morgan fingerprint density at radius 2 is 1.86 bits per heavy atom. The quantitative estimate of drug-likeness (QED) is 0.729. The lowest BCUT2D eigenvalue weighted by Crippen LogP contribution is -2.40. The van der Waals surface area contributed by atoms with Crippen molar-refractivity contribution in [1.82, 2.24) is 10.6 Å². The number of urea groups is 1. The van der Waals surface area contributed by atoms with Crippen LogP contribution in [0, 0.1) is 5.92 Å². The van der Waals surface area contributed by atoms with Gasteiger partial charge in [0.1, 0.15) is 0 Å². The van der Waals surface area contributed by atoms with E-state index in [1.807, 2.05) is 0 Å². The number of sulfonamides is 1. The van der Waals surface area contributed by atoms with Crippen LogP contribution in [0.2, 0.25) is 0 Å². The first kappa shape index (κ1) is 15.8. The fraction of sp³-hybridized carbons (Fsp3) is 0.500. The second-order valence-corrected chi connectivity index (χ2v) is 6.93. The molecule has 2 rings (SSSR count). The normalized spacial score (nSPS) is 15.3. The van der Waals surface area contributed by atoms with Crippen molar-refractivity contribution >= 4 is 16.1 Å². The third kappa shape index (κ3) is 5.02. The van der Waals surface area contributed by atoms with Crippen molar-refractivity contribution in [3.8, 4) is 0 Å². The molecule has 1 aromatic carbocycles. The first-order valence-corrected chi connectivity index (χ1v) is 8.63. The summed E-state index contributed by atoms with van der Waals surface area (Å²) < 4.78 is 22.2. The lowest BCUT2D eigenvalue weighted by Gasteiger charge is -2.25. The van der Waals surface area contributed by atoms with Gasteiger partial charge in [-0.15, -0.1) is 0 Å². The molecule has 1 aliphatic carbocycles. The predicted octanol–water partition coefficient (Wildman–Crippen LogP) is 0.976. The summed E-state index contributed by atoms with van der Waals surface area (Å²) in [5.41, 5.74) is 0.946. The Kier molecular flexibility index (Phi) is 5.19. The average Bonchev–Trinajstić information content (AvgIpc) is 2.36. The van der Waals surface area contributed by atoms with Gasteiger partial charge in [-0.05, 0) is 42.9 Å². The Hall–Kier alpha value is -1.60. The van der Waals surface area contributed by atoms with Crippen molar-refractivity contribution in [3.05, 3.63) is 29.8 Å². The predicted molar refractivity (Wildman–Crippen MR) is 80.3 cm³/mol. The van der Waals surface area contributed by atoms with Crippen LogP contribution in [0.5, 0.6) is 0 Å². The number of hydrogen-bond acceptors (Lipinski definition) is 3. The van der Waals surface area contributed by atoms with Gasteiger partial charge in [-0.1, -0.05) is 18.6 Å². The van der Waals surface area contributed by atoms with Crippen LogP contribution in [0.3, 0.4) is 0 Å². The van der Waals surface area contributed by atoms with E-state index in [0.29, 0.717) is 18.9 Å². The van der Waals surface area contributed by atoms with Crippen molar-refractivity contribution in [2.45, 2.75) is 30.6 Å². The first-order valence-electron chi connectivity index (χ1n) is 7.08. The number of carbonyl (C=O) groups is 1. The Balaban J connectivity index is 1.69. The molecule has 0 atom stereocenters. The van der Waals surface area contributed by atoms with E-state index < -0.39 is 10.0 Å². The van der Waals surface area contributed by atoms with Gasteiger partial charge in [0.25, 0.3) is 0 Å². The van der Waals surface area contributed by atoms with Crippen molar-refractivity contribution in [3.63, 3.8) is 0 Å². The molecule has 0 unspecified atom stereocenters. The van der Waals surface area contributed by atoms with Crippen LogP contribution in [0.15, 0.2) is 29.2 Å². The molecule has 4 N–H and O–H groups in total. The van der Waals surface area contributed by atoms with Crippen LogP contribution in [-0.4, -0.2) is 27.5 Å². The fourth-order valence-corrected chi connectivity index (χ4v) is 2.68. The zero-order chi connectivity index (χ0) is 15.3. The van der Waals surface area contributed by atoms with E-state index in [4.69, 9.17) is 5.14 Å². The molecule has 7 heteroatoms. The minimum absolute atomic E-state index is 0.0949. The molecule has 1 aliphatic rings. The van der Waals surface area contributed by atoms with Crippen molar-refractivity contribution in [2.75, 3.05) is 13.1 Å². The summed E-state index contributed by atoms with van der Waals surface area (Å²) in [6.07, 6.45) is 4.32. The van der Waals surface area contributed by atoms with Gasteiger partial charge in [-0.2, -0.15) is 0 Å². The lowest BCUT2D eigenvalue weighted by atomic mass is 9.85. The molecular weight excluding hydrogens is 290 g/mol. The zero-order valence-electron chi connectivity index (χ0n) is 11.8. The SMILES string of the molecule is NS(=O)(=O)c1ccc(CCNC(=O)NCC2CCC2)cc1. The highest BCUT2D eigenvalue weighted by Gasteiger charge is 2.17. The average molecular weight is 311 g/mol. The van der Waals surface area contributed by atoms with E-state index in [0.717, 1.165) is 12.1 Å². The van der Waals surface area contributed by atoms with Gasteiger partial charge in [0, 0.05) is 13.1 Å². The van der Waals surface area contributed by atoms with Crippen molar-refractivity contribution in [2.24, 2.45) is 11.1 Å². The van der Waals surface area contributed by atoms with Gasteiger partial charge in [0.05, 0.1) is 4.90 Å². The number of amides is 2. The fourth-order valence-electron chi connectivity index (χ4n) is 2.16. The molecule has 0 bridgehead atoms. The molecule has 0 heterocycles. The van der Waals surface area contributed by atoms with Crippen LogP contribution >= 0.6 is 0 Å². The highest BCUT2D eigenvalue weighted by Crippen LogP contribution is 2.24. The van der Waals surface area contributed by atoms with Gasteiger partial charge in [-0.3, -0.25) is 0 Å². The third-order valence-electron chi connectivity index (χ3n) is 3.73. The molecule has 0 saturated heterocycles. The number of benzene rings is 1. The molecule has 1 saturated carbocycles. The maximum absolute atomic E-state index is 11.5. The smallest absolute Gasteiger partial charge is 0.314 e. The van der Waals surface area contributed by atoms with Gasteiger partial charge < -0.3 is 10.6 Å². The summed E-state index contributed by atoms with van der Waals surface area (Å²) in [4.78, 5) is 11.6. The number of nitrogens with two attached hydrogens (primary N) is 1. The Morgan fingerprint density at radius 3 is 2.38 bits per heavy atom. The Bertz CT molecular complexity index is 580. The lowest BCUT2D eigenvalue weighted by molar-refractivity contribution is 0.232. The van der Waals surface area contributed by atoms with E-state index in [1.54, 1.807) is 12.1 Å². The molecule has 1 aromatic rings. The molecule has 0 aliphatic heterocycles. The molecule has 2 amide bonds. The zero-order valence-corrected chi connectivity index (χ0v) is 12.7. The summed E-state index contributed by atoms with van der Waals surface area (Å²) in [6, 6.07) is 6.20. The summed E-state index contributed by atoms with van der Waals surface area (Å²) in [5, 5.41) is 10.7. The first-order chi connectivity index (χ1) is 9.95. The molecule has 116 valence electrons. The number of hydrogen-bond donors (Lipinski definition) is 3. The molecule has 21 heavy (non-hydrogen) atoms. The summed E-state index contributed by atoms with van der Waals surface area (Å²) in [5.74, 6) is 0.640. The van der Waals surface area contributed by atoms with E-state index in [2.05, 4.69) is 10.6 Å². The summed E-state index contributed by atoms with van der Waals surface area (Å²) in [7, 11) is -3.65. The molecular formula is C14H21N3O3S. The monoisotopic (exact) mass is 311 g/mol. The molecule has 1 fully saturated rings. The minimum atomic E-state index is -3.65. The van der Waals surface area contributed by atoms with Gasteiger partial charge in [-0.25, -0.2) is 18.4 Å². The highest BCUT2D eigenvalue weighted by atomic mass is 32.2. The third-order valence-corrected chi connectivity index (χ3v) is 4.66. The highest BCUT2D eigenvalue weighted by molar-refractivity contribution is 7.89. The van der Waals surface area contributed by atoms with Crippen molar-refractivity contribution in [1.29, 1.82) is 0 Å². The van der Waals surface area contributed by atoms with E-state index in [1.165, 1.54) is 31.4 Å². The number of primary sulfonamides is 1. The maximum Gasteiger partial charge on any atom is 0.314 e. The number of rotatable bonds is 6. The topological polar surface area (TPSA) is 101 Å². The standard InChI is InChI=1S/C14H21N3O3S/c15-21(19,20)13-6-4-11(5-7-13)8-9-16-14(18)17-10-12-2-1-3-12/h4-7,12H,1-3,8-10H2,(H2,15,19,20)(H2,16,17,18). The van der Waals surface area contributed by atoms with Crippen LogP contribution in [0.1, 0.15) is 24.8 Å². The van der Waals surface area contributed by atoms with Gasteiger partial charge in [0.15, 0.2) is 0 Å². The second kappa shape index (κ2) is 6.91. The largest absolute Gasteiger partial charge is 0.338 e. The van der Waals surface area contributed by atoms with E-state index >= 15 is 0 Å². The molecule has 0 radical (unpaired) electrons.